The molecular formula is C22H23N3O4S. The van der Waals surface area contributed by atoms with Crippen LogP contribution in [0.25, 0.3) is 0 Å². The van der Waals surface area contributed by atoms with Gasteiger partial charge >= 0.3 is 0 Å². The van der Waals surface area contributed by atoms with Gasteiger partial charge < -0.3 is 14.7 Å². The number of pyridine rings is 2. The van der Waals surface area contributed by atoms with Gasteiger partial charge in [-0.1, -0.05) is 6.07 Å². The molecule has 0 spiro atoms. The maximum Gasteiger partial charge on any atom is 0.280 e. The van der Waals surface area contributed by atoms with Crippen LogP contribution in [0.5, 0.6) is 11.5 Å². The zero-order valence-electron chi connectivity index (χ0n) is 17.2. The number of thioether (sulfide) groups is 1. The van der Waals surface area contributed by atoms with E-state index in [-0.39, 0.29) is 5.91 Å². The van der Waals surface area contributed by atoms with E-state index in [1.54, 1.807) is 58.5 Å². The topological polar surface area (TPSA) is 85.9 Å². The van der Waals surface area contributed by atoms with Crippen LogP contribution in [-0.4, -0.2) is 35.0 Å². The second-order valence-electron chi connectivity index (χ2n) is 6.55. The fourth-order valence-electron chi connectivity index (χ4n) is 2.90. The average Bonchev–Trinajstić information content (AvgIpc) is 2.76. The van der Waals surface area contributed by atoms with Crippen molar-refractivity contribution in [3.8, 4) is 11.5 Å². The van der Waals surface area contributed by atoms with E-state index in [0.29, 0.717) is 44.6 Å². The van der Waals surface area contributed by atoms with Gasteiger partial charge in [0, 0.05) is 23.6 Å². The van der Waals surface area contributed by atoms with Gasteiger partial charge in [-0.15, -0.1) is 11.8 Å². The largest absolute Gasteiger partial charge is 0.497 e. The quantitative estimate of drug-likeness (QED) is 0.478. The third-order valence-electron chi connectivity index (χ3n) is 4.47. The number of amides is 1. The molecule has 0 aliphatic rings. The number of benzene rings is 1. The summed E-state index contributed by atoms with van der Waals surface area (Å²) in [5, 5.41) is 10.9. The first-order chi connectivity index (χ1) is 14.4. The average molecular weight is 426 g/mol. The molecule has 1 N–H and O–H groups in total. The number of carbonyl (C=O) groups excluding carboxylic acids is 1. The molecule has 0 saturated heterocycles. The van der Waals surface area contributed by atoms with Crippen molar-refractivity contribution in [2.75, 3.05) is 14.2 Å². The molecule has 8 heteroatoms. The van der Waals surface area contributed by atoms with Crippen LogP contribution in [0.15, 0.2) is 58.7 Å². The van der Waals surface area contributed by atoms with Gasteiger partial charge in [0.25, 0.3) is 5.91 Å². The molecule has 2 heterocycles. The van der Waals surface area contributed by atoms with Crippen LogP contribution < -0.4 is 14.8 Å². The number of rotatable bonds is 6. The molecule has 0 fully saturated rings. The van der Waals surface area contributed by atoms with Crippen LogP contribution >= 0.6 is 11.8 Å². The Labute approximate surface area is 179 Å². The highest BCUT2D eigenvalue weighted by Gasteiger charge is 2.14. The molecule has 30 heavy (non-hydrogen) atoms. The Hall–Kier alpha value is -3.26. The van der Waals surface area contributed by atoms with Crippen molar-refractivity contribution in [2.45, 2.75) is 24.6 Å². The molecule has 0 radical (unpaired) electrons. The summed E-state index contributed by atoms with van der Waals surface area (Å²) in [6.07, 6.45) is 1.65. The zero-order chi connectivity index (χ0) is 21.7. The van der Waals surface area contributed by atoms with Crippen LogP contribution in [0.4, 0.5) is 0 Å². The Morgan fingerprint density at radius 3 is 2.53 bits per heavy atom. The summed E-state index contributed by atoms with van der Waals surface area (Å²) in [5.74, 6) is 1.61. The van der Waals surface area contributed by atoms with Gasteiger partial charge in [0.15, 0.2) is 0 Å². The monoisotopic (exact) mass is 425 g/mol. The Balaban J connectivity index is 1.86. The molecule has 2 aromatic heterocycles. The number of nitrogens with zero attached hydrogens (tertiary/aromatic N) is 3. The number of hydrogen-bond donors (Lipinski definition) is 1. The Morgan fingerprint density at radius 1 is 1.13 bits per heavy atom. The summed E-state index contributed by atoms with van der Waals surface area (Å²) in [6.45, 7) is 3.48. The lowest BCUT2D eigenvalue weighted by molar-refractivity contribution is 0.0994. The standard InChI is InChI=1S/C22H23N3O4S/c1-14-10-17(11-15(2)25(14)27)24-21(26)19-6-5-9-23-22(19)30-13-16-7-8-18(28-3)12-20(16)29-4/h5-12,27H,13H2,1-4H3. The van der Waals surface area contributed by atoms with Crippen molar-refractivity contribution >= 4 is 17.7 Å². The van der Waals surface area contributed by atoms with Gasteiger partial charge in [-0.2, -0.15) is 4.73 Å². The van der Waals surface area contributed by atoms with E-state index in [1.807, 2.05) is 18.2 Å². The summed E-state index contributed by atoms with van der Waals surface area (Å²) in [6, 6.07) is 12.3. The fourth-order valence-corrected chi connectivity index (χ4v) is 3.87. The number of aromatic nitrogens is 2. The van der Waals surface area contributed by atoms with Gasteiger partial charge in [0.05, 0.1) is 36.5 Å². The lowest BCUT2D eigenvalue weighted by Gasteiger charge is -2.11. The van der Waals surface area contributed by atoms with Gasteiger partial charge in [-0.05, 0) is 44.2 Å². The van der Waals surface area contributed by atoms with E-state index < -0.39 is 0 Å². The summed E-state index contributed by atoms with van der Waals surface area (Å²) in [7, 11) is 3.21. The Morgan fingerprint density at radius 2 is 1.87 bits per heavy atom. The lowest BCUT2D eigenvalue weighted by Crippen LogP contribution is -2.14. The van der Waals surface area contributed by atoms with Crippen LogP contribution in [0.3, 0.4) is 0 Å². The maximum atomic E-state index is 12.8. The smallest absolute Gasteiger partial charge is 0.280 e. The van der Waals surface area contributed by atoms with Crippen molar-refractivity contribution in [1.82, 2.24) is 9.71 Å². The second-order valence-corrected chi connectivity index (χ2v) is 7.51. The minimum atomic E-state index is -0.387. The van der Waals surface area contributed by atoms with Gasteiger partial charge in [-0.3, -0.25) is 4.79 Å². The molecule has 0 aliphatic carbocycles. The van der Waals surface area contributed by atoms with Crippen molar-refractivity contribution in [3.05, 3.63) is 76.5 Å². The molecule has 3 aromatic rings. The normalized spacial score (nSPS) is 10.5. The SMILES string of the molecule is COc1ccc(CSc2ncccc2C(=O)N=c2cc(C)n(O)c(C)c2)c(OC)c1. The summed E-state index contributed by atoms with van der Waals surface area (Å²) in [4.78, 5) is 21.4. The number of ether oxygens (including phenoxy) is 2. The highest BCUT2D eigenvalue weighted by atomic mass is 32.2. The third kappa shape index (κ3) is 4.83. The van der Waals surface area contributed by atoms with Gasteiger partial charge in [0.1, 0.15) is 16.5 Å². The number of aryl methyl sites for hydroxylation is 2. The fraction of sp³-hybridized carbons (Fsp3) is 0.227. The van der Waals surface area contributed by atoms with Crippen molar-refractivity contribution in [2.24, 2.45) is 4.99 Å². The molecule has 3 rings (SSSR count). The van der Waals surface area contributed by atoms with Crippen molar-refractivity contribution in [3.63, 3.8) is 0 Å². The first kappa shape index (κ1) is 21.4. The number of methoxy groups -OCH3 is 2. The van der Waals surface area contributed by atoms with E-state index >= 15 is 0 Å². The van der Waals surface area contributed by atoms with Gasteiger partial charge in [0.2, 0.25) is 0 Å². The summed E-state index contributed by atoms with van der Waals surface area (Å²) < 4.78 is 11.7. The molecule has 156 valence electrons. The van der Waals surface area contributed by atoms with E-state index in [4.69, 9.17) is 9.47 Å². The molecule has 1 aromatic carbocycles. The lowest BCUT2D eigenvalue weighted by atomic mass is 10.2. The molecule has 7 nitrogen and oxygen atoms in total. The maximum absolute atomic E-state index is 12.8. The molecule has 0 unspecified atom stereocenters. The van der Waals surface area contributed by atoms with E-state index in [1.165, 1.54) is 11.8 Å². The molecule has 0 atom stereocenters. The first-order valence-corrected chi connectivity index (χ1v) is 10.2. The molecule has 1 amide bonds. The number of hydrogen-bond acceptors (Lipinski definition) is 6. The van der Waals surface area contributed by atoms with E-state index in [9.17, 15) is 10.0 Å². The van der Waals surface area contributed by atoms with Crippen LogP contribution in [0, 0.1) is 13.8 Å². The van der Waals surface area contributed by atoms with Crippen molar-refractivity contribution < 1.29 is 19.5 Å². The predicted molar refractivity (Wildman–Crippen MR) is 114 cm³/mol. The first-order valence-electron chi connectivity index (χ1n) is 9.20. The highest BCUT2D eigenvalue weighted by molar-refractivity contribution is 7.98. The Kier molecular flexibility index (Phi) is 6.79. The van der Waals surface area contributed by atoms with E-state index in [2.05, 4.69) is 9.98 Å². The zero-order valence-corrected chi connectivity index (χ0v) is 18.1. The molecular weight excluding hydrogens is 402 g/mol. The highest BCUT2D eigenvalue weighted by Crippen LogP contribution is 2.31. The second kappa shape index (κ2) is 9.49. The summed E-state index contributed by atoms with van der Waals surface area (Å²) in [5.41, 5.74) is 2.57. The molecule has 0 saturated carbocycles. The van der Waals surface area contributed by atoms with Crippen LogP contribution in [0.2, 0.25) is 0 Å². The van der Waals surface area contributed by atoms with Crippen LogP contribution in [-0.2, 0) is 5.75 Å². The minimum absolute atomic E-state index is 0.387. The Bertz CT molecular complexity index is 1120. The summed E-state index contributed by atoms with van der Waals surface area (Å²) >= 11 is 1.43. The van der Waals surface area contributed by atoms with Crippen LogP contribution in [0.1, 0.15) is 27.3 Å². The van der Waals surface area contributed by atoms with Gasteiger partial charge in [-0.25, -0.2) is 9.98 Å². The number of carbonyl (C=O) groups is 1. The molecule has 0 bridgehead atoms. The predicted octanol–water partition coefficient (Wildman–Crippen LogP) is 3.79. The molecule has 0 aliphatic heterocycles. The van der Waals surface area contributed by atoms with Crippen molar-refractivity contribution in [1.29, 1.82) is 0 Å². The van der Waals surface area contributed by atoms with E-state index in [0.717, 1.165) is 10.3 Å². The third-order valence-corrected chi connectivity index (χ3v) is 5.53. The minimum Gasteiger partial charge on any atom is -0.497 e.